The zero-order valence-corrected chi connectivity index (χ0v) is 17.4. The van der Waals surface area contributed by atoms with Gasteiger partial charge in [0.2, 0.25) is 0 Å². The smallest absolute Gasteiger partial charge is 0.0181 e. The molecule has 0 atom stereocenters. The Bertz CT molecular complexity index is 506. The molecule has 1 rings (SSSR count). The number of unbranched alkanes of at least 4 members (excludes halogenated alkanes) is 2. The highest BCUT2D eigenvalue weighted by Gasteiger charge is 2.28. The van der Waals surface area contributed by atoms with Crippen molar-refractivity contribution < 1.29 is 0 Å². The fourth-order valence-electron chi connectivity index (χ4n) is 4.06. The first kappa shape index (κ1) is 21.2. The molecule has 0 saturated heterocycles. The van der Waals surface area contributed by atoms with Crippen LogP contribution in [0.1, 0.15) is 103 Å². The Morgan fingerprint density at radius 3 is 1.88 bits per heavy atom. The van der Waals surface area contributed by atoms with Crippen molar-refractivity contribution in [1.82, 2.24) is 0 Å². The van der Waals surface area contributed by atoms with Crippen LogP contribution in [0.3, 0.4) is 0 Å². The Morgan fingerprint density at radius 1 is 0.833 bits per heavy atom. The van der Waals surface area contributed by atoms with Crippen molar-refractivity contribution >= 4 is 0 Å². The van der Waals surface area contributed by atoms with Crippen LogP contribution in [0.15, 0.2) is 12.1 Å². The van der Waals surface area contributed by atoms with Crippen LogP contribution in [0, 0.1) is 5.41 Å². The summed E-state index contributed by atoms with van der Waals surface area (Å²) in [4.78, 5) is 0. The molecular formula is C23H41N. The molecular weight excluding hydrogens is 290 g/mol. The van der Waals surface area contributed by atoms with E-state index in [2.05, 4.69) is 60.6 Å². The molecule has 24 heavy (non-hydrogen) atoms. The van der Waals surface area contributed by atoms with Crippen LogP contribution in [-0.2, 0) is 24.8 Å². The fraction of sp³-hybridized carbons (Fsp3) is 0.739. The monoisotopic (exact) mass is 331 g/mol. The Kier molecular flexibility index (Phi) is 7.99. The summed E-state index contributed by atoms with van der Waals surface area (Å²) in [5, 5.41) is 0. The lowest BCUT2D eigenvalue weighted by atomic mass is 9.71. The molecule has 0 aliphatic rings. The molecule has 0 unspecified atom stereocenters. The third-order valence-electron chi connectivity index (χ3n) is 4.99. The minimum Gasteiger partial charge on any atom is -0.326 e. The second kappa shape index (κ2) is 9.04. The van der Waals surface area contributed by atoms with Crippen LogP contribution in [0.4, 0.5) is 0 Å². The molecule has 1 heteroatoms. The predicted molar refractivity (Wildman–Crippen MR) is 109 cm³/mol. The van der Waals surface area contributed by atoms with Gasteiger partial charge < -0.3 is 5.73 Å². The van der Waals surface area contributed by atoms with Crippen LogP contribution in [0.5, 0.6) is 0 Å². The Labute approximate surface area is 151 Å². The van der Waals surface area contributed by atoms with Gasteiger partial charge in [0.15, 0.2) is 0 Å². The SMILES string of the molecule is CCCCc1cc(C(C)(C)CC(C)(C)C)cc(CN)c1CCCC. The predicted octanol–water partition coefficient (Wildman–Crippen LogP) is 6.54. The molecule has 138 valence electrons. The first-order chi connectivity index (χ1) is 11.1. The van der Waals surface area contributed by atoms with Gasteiger partial charge >= 0.3 is 0 Å². The number of hydrogen-bond acceptors (Lipinski definition) is 1. The number of aryl methyl sites for hydroxylation is 1. The maximum Gasteiger partial charge on any atom is 0.0181 e. The van der Waals surface area contributed by atoms with Crippen molar-refractivity contribution in [1.29, 1.82) is 0 Å². The van der Waals surface area contributed by atoms with E-state index in [1.165, 1.54) is 56.1 Å². The summed E-state index contributed by atoms with van der Waals surface area (Å²) in [7, 11) is 0. The van der Waals surface area contributed by atoms with Gasteiger partial charge in [0.05, 0.1) is 0 Å². The van der Waals surface area contributed by atoms with Crippen molar-refractivity contribution in [3.8, 4) is 0 Å². The van der Waals surface area contributed by atoms with Crippen LogP contribution in [-0.4, -0.2) is 0 Å². The molecule has 1 aromatic carbocycles. The lowest BCUT2D eigenvalue weighted by Crippen LogP contribution is -2.25. The molecule has 0 fully saturated rings. The summed E-state index contributed by atoms with van der Waals surface area (Å²) in [6.45, 7) is 17.0. The molecule has 0 saturated carbocycles. The van der Waals surface area contributed by atoms with Crippen LogP contribution < -0.4 is 5.73 Å². The third-order valence-corrected chi connectivity index (χ3v) is 4.99. The lowest BCUT2D eigenvalue weighted by molar-refractivity contribution is 0.284. The standard InChI is InChI=1S/C23H41N/c1-8-10-12-18-14-20(23(6,7)17-22(3,4)5)15-19(16-24)21(18)13-11-9-2/h14-15H,8-13,16-17,24H2,1-7H3. The van der Waals surface area contributed by atoms with E-state index in [-0.39, 0.29) is 5.41 Å². The average Bonchev–Trinajstić information content (AvgIpc) is 2.48. The summed E-state index contributed by atoms with van der Waals surface area (Å²) < 4.78 is 0. The van der Waals surface area contributed by atoms with E-state index < -0.39 is 0 Å². The van der Waals surface area contributed by atoms with Gasteiger partial charge in [-0.1, -0.05) is 73.4 Å². The van der Waals surface area contributed by atoms with Crippen LogP contribution in [0.25, 0.3) is 0 Å². The largest absolute Gasteiger partial charge is 0.326 e. The summed E-state index contributed by atoms with van der Waals surface area (Å²) in [5.41, 5.74) is 12.6. The van der Waals surface area contributed by atoms with Crippen molar-refractivity contribution in [3.63, 3.8) is 0 Å². The molecule has 0 heterocycles. The Hall–Kier alpha value is -0.820. The first-order valence-electron chi connectivity index (χ1n) is 9.99. The Balaban J connectivity index is 3.31. The van der Waals surface area contributed by atoms with Gasteiger partial charge in [0.25, 0.3) is 0 Å². The van der Waals surface area contributed by atoms with Crippen molar-refractivity contribution in [2.45, 2.75) is 105 Å². The Morgan fingerprint density at radius 2 is 1.38 bits per heavy atom. The number of nitrogens with two attached hydrogens (primary N) is 1. The number of rotatable bonds is 9. The summed E-state index contributed by atoms with van der Waals surface area (Å²) in [6.07, 6.45) is 8.59. The van der Waals surface area contributed by atoms with Crippen molar-refractivity contribution in [3.05, 3.63) is 34.4 Å². The van der Waals surface area contributed by atoms with Crippen LogP contribution >= 0.6 is 0 Å². The highest BCUT2D eigenvalue weighted by Crippen LogP contribution is 2.38. The summed E-state index contributed by atoms with van der Waals surface area (Å²) >= 11 is 0. The van der Waals surface area contributed by atoms with E-state index >= 15 is 0 Å². The second-order valence-corrected chi connectivity index (χ2v) is 9.31. The molecule has 0 bridgehead atoms. The van der Waals surface area contributed by atoms with Gasteiger partial charge in [-0.25, -0.2) is 0 Å². The highest BCUT2D eigenvalue weighted by atomic mass is 14.5. The zero-order chi connectivity index (χ0) is 18.4. The molecule has 0 aromatic heterocycles. The molecule has 0 aliphatic heterocycles. The topological polar surface area (TPSA) is 26.0 Å². The van der Waals surface area contributed by atoms with Gasteiger partial charge in [-0.2, -0.15) is 0 Å². The third kappa shape index (κ3) is 6.24. The van der Waals surface area contributed by atoms with E-state index in [4.69, 9.17) is 5.73 Å². The maximum atomic E-state index is 6.16. The van der Waals surface area contributed by atoms with Gasteiger partial charge in [0.1, 0.15) is 0 Å². The molecule has 0 amide bonds. The van der Waals surface area contributed by atoms with Gasteiger partial charge in [-0.15, -0.1) is 0 Å². The normalized spacial score (nSPS) is 12.7. The molecule has 1 aromatic rings. The average molecular weight is 332 g/mol. The highest BCUT2D eigenvalue weighted by molar-refractivity contribution is 5.42. The molecule has 0 aliphatic carbocycles. The molecule has 0 spiro atoms. The summed E-state index contributed by atoms with van der Waals surface area (Å²) in [6, 6.07) is 4.91. The van der Waals surface area contributed by atoms with Crippen molar-refractivity contribution in [2.24, 2.45) is 11.1 Å². The zero-order valence-electron chi connectivity index (χ0n) is 17.4. The van der Waals surface area contributed by atoms with Gasteiger partial charge in [-0.05, 0) is 65.2 Å². The minimum absolute atomic E-state index is 0.187. The van der Waals surface area contributed by atoms with E-state index in [0.29, 0.717) is 12.0 Å². The second-order valence-electron chi connectivity index (χ2n) is 9.31. The van der Waals surface area contributed by atoms with E-state index in [9.17, 15) is 0 Å². The first-order valence-corrected chi connectivity index (χ1v) is 9.99. The maximum absolute atomic E-state index is 6.16. The van der Waals surface area contributed by atoms with Crippen LogP contribution in [0.2, 0.25) is 0 Å². The molecule has 2 N–H and O–H groups in total. The quantitative estimate of drug-likeness (QED) is 0.546. The van der Waals surface area contributed by atoms with E-state index in [0.717, 1.165) is 0 Å². The van der Waals surface area contributed by atoms with Gasteiger partial charge in [0, 0.05) is 6.54 Å². The lowest BCUT2D eigenvalue weighted by Gasteiger charge is -2.34. The number of hydrogen-bond donors (Lipinski definition) is 1. The number of benzene rings is 1. The van der Waals surface area contributed by atoms with Gasteiger partial charge in [-0.3, -0.25) is 0 Å². The fourth-order valence-corrected chi connectivity index (χ4v) is 4.06. The summed E-state index contributed by atoms with van der Waals surface area (Å²) in [5.74, 6) is 0. The van der Waals surface area contributed by atoms with E-state index in [1.54, 1.807) is 11.1 Å². The minimum atomic E-state index is 0.187. The molecule has 1 nitrogen and oxygen atoms in total. The van der Waals surface area contributed by atoms with E-state index in [1.807, 2.05) is 0 Å². The van der Waals surface area contributed by atoms with Crippen molar-refractivity contribution in [2.75, 3.05) is 0 Å². The molecule has 0 radical (unpaired) electrons.